The van der Waals surface area contributed by atoms with Crippen LogP contribution in [0.25, 0.3) is 0 Å². The highest BCUT2D eigenvalue weighted by Gasteiger charge is 2.44. The monoisotopic (exact) mass is 283 g/mol. The summed E-state index contributed by atoms with van der Waals surface area (Å²) in [6, 6.07) is 0.331. The Hall–Kier alpha value is -0.610. The molecule has 4 heteroatoms. The van der Waals surface area contributed by atoms with Crippen LogP contribution in [0.3, 0.4) is 0 Å². The molecule has 1 spiro atoms. The summed E-state index contributed by atoms with van der Waals surface area (Å²) in [6.07, 6.45) is 8.06. The molecule has 1 aliphatic heterocycles. The van der Waals surface area contributed by atoms with Crippen LogP contribution in [0.5, 0.6) is 0 Å². The van der Waals surface area contributed by atoms with Gasteiger partial charge in [-0.1, -0.05) is 26.2 Å². The first-order chi connectivity index (χ1) is 9.41. The van der Waals surface area contributed by atoms with E-state index in [2.05, 4.69) is 11.8 Å². The molecule has 4 nitrogen and oxygen atoms in total. The number of nitrogens with zero attached hydrogens (tertiary/aromatic N) is 1. The zero-order valence-corrected chi connectivity index (χ0v) is 13.2. The van der Waals surface area contributed by atoms with E-state index in [0.29, 0.717) is 6.04 Å². The van der Waals surface area contributed by atoms with Crippen molar-refractivity contribution >= 4 is 5.97 Å². The Bertz CT molecular complexity index is 342. The molecule has 2 rings (SSSR count). The summed E-state index contributed by atoms with van der Waals surface area (Å²) in [5.74, 6) is -0.733. The predicted octanol–water partition coefficient (Wildman–Crippen LogP) is 3.05. The van der Waals surface area contributed by atoms with E-state index >= 15 is 0 Å². The molecule has 0 amide bonds. The average Bonchev–Trinajstić information content (AvgIpc) is 2.40. The number of likely N-dealkylation sites (N-methyl/N-ethyl adjacent to an activating group) is 1. The molecule has 0 aromatic rings. The van der Waals surface area contributed by atoms with E-state index in [-0.39, 0.29) is 5.60 Å². The summed E-state index contributed by atoms with van der Waals surface area (Å²) in [5.41, 5.74) is -0.768. The van der Waals surface area contributed by atoms with Gasteiger partial charge in [-0.05, 0) is 46.1 Å². The Morgan fingerprint density at radius 3 is 2.55 bits per heavy atom. The van der Waals surface area contributed by atoms with Gasteiger partial charge in [-0.25, -0.2) is 0 Å². The molecule has 1 unspecified atom stereocenters. The molecule has 2 fully saturated rings. The number of aliphatic carboxylic acids is 1. The van der Waals surface area contributed by atoms with Crippen molar-refractivity contribution in [3.63, 3.8) is 0 Å². The Kier molecular flexibility index (Phi) is 4.75. The van der Waals surface area contributed by atoms with Gasteiger partial charge in [0.1, 0.15) is 5.54 Å². The third-order valence-corrected chi connectivity index (χ3v) is 5.25. The Balaban J connectivity index is 2.12. The first-order valence-corrected chi connectivity index (χ1v) is 8.05. The second-order valence-electron chi connectivity index (χ2n) is 6.89. The summed E-state index contributed by atoms with van der Waals surface area (Å²) in [5, 5.41) is 9.50. The number of ether oxygens (including phenoxy) is 1. The maximum atomic E-state index is 11.6. The van der Waals surface area contributed by atoms with Crippen LogP contribution >= 0.6 is 0 Å². The van der Waals surface area contributed by atoms with Gasteiger partial charge in [0.05, 0.1) is 5.60 Å². The number of carbonyl (C=O) groups is 1. The van der Waals surface area contributed by atoms with E-state index in [1.165, 1.54) is 19.3 Å². The van der Waals surface area contributed by atoms with Crippen molar-refractivity contribution in [1.82, 2.24) is 4.90 Å². The molecule has 1 saturated carbocycles. The van der Waals surface area contributed by atoms with Crippen molar-refractivity contribution in [3.05, 3.63) is 0 Å². The van der Waals surface area contributed by atoms with Crippen molar-refractivity contribution in [1.29, 1.82) is 0 Å². The first-order valence-electron chi connectivity index (χ1n) is 8.05. The molecule has 0 aromatic carbocycles. The van der Waals surface area contributed by atoms with Crippen molar-refractivity contribution in [2.24, 2.45) is 0 Å². The number of rotatable bonds is 4. The standard InChI is InChI=1S/C16H29NO3/c1-4-17(15(2,3)14(18)19)13-8-11-20-16(12-13)9-6-5-7-10-16/h13H,4-12H2,1-3H3,(H,18,19). The average molecular weight is 283 g/mol. The number of hydrogen-bond acceptors (Lipinski definition) is 3. The lowest BCUT2D eigenvalue weighted by atomic mass is 9.77. The van der Waals surface area contributed by atoms with E-state index in [9.17, 15) is 9.90 Å². The molecule has 1 atom stereocenters. The topological polar surface area (TPSA) is 49.8 Å². The van der Waals surface area contributed by atoms with E-state index in [4.69, 9.17) is 4.74 Å². The second kappa shape index (κ2) is 6.02. The summed E-state index contributed by atoms with van der Waals surface area (Å²) < 4.78 is 6.13. The minimum atomic E-state index is -0.799. The zero-order chi connectivity index (χ0) is 14.8. The number of carboxylic acid groups (broad SMARTS) is 1. The Morgan fingerprint density at radius 1 is 1.35 bits per heavy atom. The van der Waals surface area contributed by atoms with Gasteiger partial charge in [-0.15, -0.1) is 0 Å². The van der Waals surface area contributed by atoms with Crippen molar-refractivity contribution in [2.75, 3.05) is 13.2 Å². The molecule has 1 heterocycles. The molecular formula is C16H29NO3. The van der Waals surface area contributed by atoms with Crippen LogP contribution in [0.1, 0.15) is 65.7 Å². The lowest BCUT2D eigenvalue weighted by Crippen LogP contribution is -2.58. The molecular weight excluding hydrogens is 254 g/mol. The van der Waals surface area contributed by atoms with Crippen LogP contribution in [0.2, 0.25) is 0 Å². The molecule has 2 aliphatic rings. The van der Waals surface area contributed by atoms with Gasteiger partial charge in [-0.2, -0.15) is 0 Å². The molecule has 0 bridgehead atoms. The molecule has 1 N–H and O–H groups in total. The molecule has 0 radical (unpaired) electrons. The van der Waals surface area contributed by atoms with Gasteiger partial charge < -0.3 is 9.84 Å². The molecule has 0 aromatic heterocycles. The lowest BCUT2D eigenvalue weighted by Gasteiger charge is -2.49. The third kappa shape index (κ3) is 3.01. The molecule has 1 saturated heterocycles. The minimum absolute atomic E-state index is 0.0309. The summed E-state index contributed by atoms with van der Waals surface area (Å²) in [4.78, 5) is 13.7. The van der Waals surface area contributed by atoms with Crippen LogP contribution in [0.4, 0.5) is 0 Å². The van der Waals surface area contributed by atoms with E-state index in [1.54, 1.807) is 0 Å². The van der Waals surface area contributed by atoms with Crippen molar-refractivity contribution < 1.29 is 14.6 Å². The Morgan fingerprint density at radius 2 is 2.00 bits per heavy atom. The van der Waals surface area contributed by atoms with E-state index in [0.717, 1.165) is 38.8 Å². The fraction of sp³-hybridized carbons (Fsp3) is 0.938. The van der Waals surface area contributed by atoms with Gasteiger partial charge >= 0.3 is 5.97 Å². The minimum Gasteiger partial charge on any atom is -0.480 e. The normalized spacial score (nSPS) is 26.9. The van der Waals surface area contributed by atoms with Gasteiger partial charge in [-0.3, -0.25) is 9.69 Å². The summed E-state index contributed by atoms with van der Waals surface area (Å²) in [7, 11) is 0. The van der Waals surface area contributed by atoms with Gasteiger partial charge in [0.15, 0.2) is 0 Å². The van der Waals surface area contributed by atoms with Crippen LogP contribution in [0.15, 0.2) is 0 Å². The second-order valence-corrected chi connectivity index (χ2v) is 6.89. The molecule has 1 aliphatic carbocycles. The smallest absolute Gasteiger partial charge is 0.323 e. The molecule has 20 heavy (non-hydrogen) atoms. The quantitative estimate of drug-likeness (QED) is 0.861. The number of carboxylic acids is 1. The predicted molar refractivity (Wildman–Crippen MR) is 78.9 cm³/mol. The zero-order valence-electron chi connectivity index (χ0n) is 13.2. The maximum absolute atomic E-state index is 11.6. The van der Waals surface area contributed by atoms with Gasteiger partial charge in [0.25, 0.3) is 0 Å². The third-order valence-electron chi connectivity index (χ3n) is 5.25. The van der Waals surface area contributed by atoms with E-state index in [1.807, 2.05) is 13.8 Å². The van der Waals surface area contributed by atoms with Gasteiger partial charge in [0, 0.05) is 12.6 Å². The van der Waals surface area contributed by atoms with Crippen LogP contribution < -0.4 is 0 Å². The molecule has 116 valence electrons. The van der Waals surface area contributed by atoms with Gasteiger partial charge in [0.2, 0.25) is 0 Å². The highest BCUT2D eigenvalue weighted by molar-refractivity contribution is 5.77. The Labute approximate surface area is 122 Å². The number of hydrogen-bond donors (Lipinski definition) is 1. The SMILES string of the molecule is CCN(C1CCOC2(CCCCC2)C1)C(C)(C)C(=O)O. The highest BCUT2D eigenvalue weighted by atomic mass is 16.5. The maximum Gasteiger partial charge on any atom is 0.323 e. The summed E-state index contributed by atoms with van der Waals surface area (Å²) in [6.45, 7) is 7.26. The summed E-state index contributed by atoms with van der Waals surface area (Å²) >= 11 is 0. The van der Waals surface area contributed by atoms with E-state index < -0.39 is 11.5 Å². The highest BCUT2D eigenvalue weighted by Crippen LogP contribution is 2.40. The largest absolute Gasteiger partial charge is 0.480 e. The first kappa shape index (κ1) is 15.8. The van der Waals surface area contributed by atoms with Crippen molar-refractivity contribution in [3.8, 4) is 0 Å². The fourth-order valence-electron chi connectivity index (χ4n) is 4.05. The lowest BCUT2D eigenvalue weighted by molar-refractivity contribution is -0.160. The van der Waals surface area contributed by atoms with Crippen LogP contribution in [-0.2, 0) is 9.53 Å². The van der Waals surface area contributed by atoms with Crippen LogP contribution in [-0.4, -0.2) is 46.3 Å². The van der Waals surface area contributed by atoms with Crippen LogP contribution in [0, 0.1) is 0 Å². The van der Waals surface area contributed by atoms with Crippen molar-refractivity contribution in [2.45, 2.75) is 82.9 Å². The fourth-order valence-corrected chi connectivity index (χ4v) is 4.05.